The summed E-state index contributed by atoms with van der Waals surface area (Å²) in [5, 5.41) is 7.36. The van der Waals surface area contributed by atoms with Crippen LogP contribution in [-0.2, 0) is 4.79 Å². The van der Waals surface area contributed by atoms with Gasteiger partial charge < -0.3 is 29.7 Å². The Morgan fingerprint density at radius 3 is 2.67 bits per heavy atom. The van der Waals surface area contributed by atoms with Crippen LogP contribution in [0, 0.1) is 0 Å². The second-order valence-electron chi connectivity index (χ2n) is 8.66. The highest BCUT2D eigenvalue weighted by molar-refractivity contribution is 6.02. The van der Waals surface area contributed by atoms with Crippen molar-refractivity contribution in [2.75, 3.05) is 55.9 Å². The summed E-state index contributed by atoms with van der Waals surface area (Å²) in [7, 11) is 3.73. The van der Waals surface area contributed by atoms with Gasteiger partial charge in [0.1, 0.15) is 11.6 Å². The molecule has 1 aliphatic rings. The van der Waals surface area contributed by atoms with Gasteiger partial charge in [-0.15, -0.1) is 0 Å². The predicted molar refractivity (Wildman–Crippen MR) is 144 cm³/mol. The van der Waals surface area contributed by atoms with Gasteiger partial charge in [0.25, 0.3) is 0 Å². The summed E-state index contributed by atoms with van der Waals surface area (Å²) in [6.07, 6.45) is 4.97. The molecule has 0 radical (unpaired) electrons. The number of carbonyl (C=O) groups excluding carboxylic acids is 1. The Balaban J connectivity index is 1.50. The molecule has 36 heavy (non-hydrogen) atoms. The zero-order chi connectivity index (χ0) is 25.1. The Hall–Kier alpha value is -4.37. The molecule has 1 aliphatic heterocycles. The van der Waals surface area contributed by atoms with E-state index in [0.717, 1.165) is 48.6 Å². The number of likely N-dealkylation sites (N-methyl/N-ethyl adjacent to an activating group) is 1. The third-order valence-electron chi connectivity index (χ3n) is 6.34. The van der Waals surface area contributed by atoms with Crippen LogP contribution >= 0.6 is 0 Å². The van der Waals surface area contributed by atoms with Gasteiger partial charge in [0.05, 0.1) is 29.7 Å². The lowest BCUT2D eigenvalue weighted by molar-refractivity contribution is -0.111. The van der Waals surface area contributed by atoms with E-state index >= 15 is 0 Å². The van der Waals surface area contributed by atoms with Gasteiger partial charge in [0, 0.05) is 44.6 Å². The van der Waals surface area contributed by atoms with Crippen LogP contribution in [0.3, 0.4) is 0 Å². The summed E-state index contributed by atoms with van der Waals surface area (Å²) in [5.41, 5.74) is 3.27. The fourth-order valence-electron chi connectivity index (χ4n) is 4.38. The van der Waals surface area contributed by atoms with Crippen molar-refractivity contribution >= 4 is 39.8 Å². The molecule has 0 bridgehead atoms. The minimum Gasteiger partial charge on any atom is -0.494 e. The number of methoxy groups -OCH3 is 1. The lowest BCUT2D eigenvalue weighted by Crippen LogP contribution is -2.44. The number of rotatable bonds is 7. The van der Waals surface area contributed by atoms with E-state index in [-0.39, 0.29) is 5.91 Å². The minimum atomic E-state index is -0.278. The number of anilines is 4. The first-order chi connectivity index (χ1) is 17.6. The smallest absolute Gasteiger partial charge is 0.247 e. The monoisotopic (exact) mass is 483 g/mol. The molecule has 0 unspecified atom stereocenters. The number of benzene rings is 2. The molecule has 5 rings (SSSR count). The number of para-hydroxylation sites is 1. The molecule has 2 aromatic heterocycles. The molecule has 0 spiro atoms. The molecule has 0 atom stereocenters. The van der Waals surface area contributed by atoms with Gasteiger partial charge >= 0.3 is 0 Å². The SMILES string of the molecule is C=CC(=O)Nc1cc(Nc2nccc(-n3ccc4ccccc43)n2)c(OC)cc1N1CCN(C)CC1. The average molecular weight is 484 g/mol. The molecule has 2 N–H and O–H groups in total. The van der Waals surface area contributed by atoms with Crippen LogP contribution < -0.4 is 20.3 Å². The predicted octanol–water partition coefficient (Wildman–Crippen LogP) is 4.05. The Morgan fingerprint density at radius 2 is 1.89 bits per heavy atom. The number of ether oxygens (including phenoxy) is 1. The molecular weight excluding hydrogens is 454 g/mol. The number of fused-ring (bicyclic) bond motifs is 1. The molecule has 1 saturated heterocycles. The second-order valence-corrected chi connectivity index (χ2v) is 8.66. The fourth-order valence-corrected chi connectivity index (χ4v) is 4.38. The summed E-state index contributed by atoms with van der Waals surface area (Å²) < 4.78 is 7.74. The van der Waals surface area contributed by atoms with E-state index in [0.29, 0.717) is 23.1 Å². The number of nitrogens with zero attached hydrogens (tertiary/aromatic N) is 5. The number of hydrogen-bond donors (Lipinski definition) is 2. The molecule has 1 amide bonds. The first-order valence-electron chi connectivity index (χ1n) is 11.8. The second kappa shape index (κ2) is 10.1. The van der Waals surface area contributed by atoms with Crippen LogP contribution in [0.15, 0.2) is 73.6 Å². The molecule has 0 saturated carbocycles. The van der Waals surface area contributed by atoms with Crippen molar-refractivity contribution in [1.82, 2.24) is 19.4 Å². The maximum Gasteiger partial charge on any atom is 0.247 e. The van der Waals surface area contributed by atoms with Crippen LogP contribution in [0.4, 0.5) is 23.0 Å². The maximum atomic E-state index is 12.2. The highest BCUT2D eigenvalue weighted by atomic mass is 16.5. The number of hydrogen-bond acceptors (Lipinski definition) is 7. The van der Waals surface area contributed by atoms with Crippen molar-refractivity contribution in [3.05, 3.63) is 73.6 Å². The molecule has 184 valence electrons. The zero-order valence-electron chi connectivity index (χ0n) is 20.4. The van der Waals surface area contributed by atoms with Crippen molar-refractivity contribution in [2.24, 2.45) is 0 Å². The zero-order valence-corrected chi connectivity index (χ0v) is 20.4. The number of piperazine rings is 1. The van der Waals surface area contributed by atoms with Crippen LogP contribution in [0.5, 0.6) is 5.75 Å². The van der Waals surface area contributed by atoms with E-state index in [9.17, 15) is 4.79 Å². The third kappa shape index (κ3) is 4.73. The number of amides is 1. The van der Waals surface area contributed by atoms with Crippen molar-refractivity contribution < 1.29 is 9.53 Å². The number of carbonyl (C=O) groups is 1. The first kappa shape index (κ1) is 23.4. The van der Waals surface area contributed by atoms with Crippen LogP contribution in [0.1, 0.15) is 0 Å². The summed E-state index contributed by atoms with van der Waals surface area (Å²) >= 11 is 0. The number of aromatic nitrogens is 3. The van der Waals surface area contributed by atoms with Gasteiger partial charge in [-0.25, -0.2) is 4.98 Å². The van der Waals surface area contributed by atoms with Crippen LogP contribution in [0.25, 0.3) is 16.7 Å². The van der Waals surface area contributed by atoms with Crippen molar-refractivity contribution in [3.63, 3.8) is 0 Å². The molecule has 3 heterocycles. The van der Waals surface area contributed by atoms with E-state index in [1.165, 1.54) is 6.08 Å². The van der Waals surface area contributed by atoms with Crippen LogP contribution in [0.2, 0.25) is 0 Å². The van der Waals surface area contributed by atoms with Gasteiger partial charge in [-0.1, -0.05) is 24.8 Å². The lowest BCUT2D eigenvalue weighted by Gasteiger charge is -2.35. The molecule has 2 aromatic carbocycles. The molecule has 0 aliphatic carbocycles. The highest BCUT2D eigenvalue weighted by Crippen LogP contribution is 2.38. The van der Waals surface area contributed by atoms with Crippen molar-refractivity contribution in [1.29, 1.82) is 0 Å². The van der Waals surface area contributed by atoms with E-state index in [1.54, 1.807) is 13.3 Å². The molecular formula is C27H29N7O2. The fraction of sp³-hybridized carbons (Fsp3) is 0.222. The van der Waals surface area contributed by atoms with E-state index in [2.05, 4.69) is 57.2 Å². The Kier molecular flexibility index (Phi) is 6.55. The normalized spacial score (nSPS) is 14.0. The topological polar surface area (TPSA) is 87.5 Å². The van der Waals surface area contributed by atoms with Gasteiger partial charge in [-0.3, -0.25) is 4.79 Å². The molecule has 4 aromatic rings. The summed E-state index contributed by atoms with van der Waals surface area (Å²) in [6.45, 7) is 7.16. The molecule has 1 fully saturated rings. The summed E-state index contributed by atoms with van der Waals surface area (Å²) in [5.74, 6) is 1.50. The van der Waals surface area contributed by atoms with Crippen molar-refractivity contribution in [2.45, 2.75) is 0 Å². The van der Waals surface area contributed by atoms with E-state index < -0.39 is 0 Å². The summed E-state index contributed by atoms with van der Waals surface area (Å²) in [4.78, 5) is 25.9. The average Bonchev–Trinajstić information content (AvgIpc) is 3.34. The van der Waals surface area contributed by atoms with E-state index in [1.807, 2.05) is 41.1 Å². The van der Waals surface area contributed by atoms with Gasteiger partial charge in [0.2, 0.25) is 11.9 Å². The lowest BCUT2D eigenvalue weighted by atomic mass is 10.1. The first-order valence-corrected chi connectivity index (χ1v) is 11.8. The summed E-state index contributed by atoms with van der Waals surface area (Å²) in [6, 6.07) is 15.9. The Labute approximate surface area is 210 Å². The standard InChI is InChI=1S/C27H29N7O2/c1-4-26(35)29-20-17-21(24(36-3)18-23(20)33-15-13-32(2)14-16-33)30-27-28-11-9-25(31-27)34-12-10-19-7-5-6-8-22(19)34/h4-12,17-18H,1,13-16H2,2-3H3,(H,29,35)(H,28,30,31). The molecule has 9 heteroatoms. The van der Waals surface area contributed by atoms with Gasteiger partial charge in [-0.2, -0.15) is 4.98 Å². The maximum absolute atomic E-state index is 12.2. The molecule has 9 nitrogen and oxygen atoms in total. The van der Waals surface area contributed by atoms with Gasteiger partial charge in [0.15, 0.2) is 0 Å². The van der Waals surface area contributed by atoms with Crippen LogP contribution in [-0.4, -0.2) is 65.7 Å². The van der Waals surface area contributed by atoms with E-state index in [4.69, 9.17) is 9.72 Å². The quantitative estimate of drug-likeness (QED) is 0.384. The largest absolute Gasteiger partial charge is 0.494 e. The third-order valence-corrected chi connectivity index (χ3v) is 6.34. The van der Waals surface area contributed by atoms with Gasteiger partial charge in [-0.05, 0) is 42.8 Å². The number of nitrogens with one attached hydrogen (secondary N) is 2. The Bertz CT molecular complexity index is 1410. The Morgan fingerprint density at radius 1 is 1.08 bits per heavy atom. The highest BCUT2D eigenvalue weighted by Gasteiger charge is 2.21. The van der Waals surface area contributed by atoms with Crippen molar-refractivity contribution in [3.8, 4) is 11.6 Å². The minimum absolute atomic E-state index is 0.278.